The molecule has 0 bridgehead atoms. The van der Waals surface area contributed by atoms with E-state index in [1.165, 1.54) is 16.5 Å². The summed E-state index contributed by atoms with van der Waals surface area (Å²) < 4.78 is 0. The summed E-state index contributed by atoms with van der Waals surface area (Å²) >= 11 is 1.66. The van der Waals surface area contributed by atoms with E-state index in [0.29, 0.717) is 0 Å². The van der Waals surface area contributed by atoms with Gasteiger partial charge in [0.15, 0.2) is 5.13 Å². The predicted octanol–water partition coefficient (Wildman–Crippen LogP) is 3.36. The van der Waals surface area contributed by atoms with E-state index in [2.05, 4.69) is 34.1 Å². The summed E-state index contributed by atoms with van der Waals surface area (Å²) in [7, 11) is 0. The average molecular weight is 349 g/mol. The molecular formula is C20H19N3OS. The molecule has 1 saturated heterocycles. The minimum Gasteiger partial charge on any atom is -0.345 e. The Morgan fingerprint density at radius 2 is 1.80 bits per heavy atom. The van der Waals surface area contributed by atoms with Crippen LogP contribution in [0.5, 0.6) is 0 Å². The van der Waals surface area contributed by atoms with Gasteiger partial charge in [0.2, 0.25) is 0 Å². The van der Waals surface area contributed by atoms with Gasteiger partial charge in [-0.1, -0.05) is 24.3 Å². The Labute approximate surface area is 150 Å². The number of rotatable bonds is 2. The van der Waals surface area contributed by atoms with E-state index in [1.807, 2.05) is 22.5 Å². The van der Waals surface area contributed by atoms with E-state index < -0.39 is 0 Å². The molecule has 3 aromatic rings. The summed E-state index contributed by atoms with van der Waals surface area (Å²) in [6.07, 6.45) is 4.03. The number of amides is 1. The molecule has 5 heteroatoms. The molecule has 0 atom stereocenters. The van der Waals surface area contributed by atoms with Gasteiger partial charge in [-0.2, -0.15) is 0 Å². The number of carbonyl (C=O) groups excluding carboxylic acids is 1. The van der Waals surface area contributed by atoms with Crippen molar-refractivity contribution in [3.05, 3.63) is 58.6 Å². The van der Waals surface area contributed by atoms with Crippen LogP contribution in [0.3, 0.4) is 0 Å². The van der Waals surface area contributed by atoms with Gasteiger partial charge in [-0.15, -0.1) is 11.3 Å². The second-order valence-corrected chi connectivity index (χ2v) is 7.58. The van der Waals surface area contributed by atoms with Crippen LogP contribution in [0.1, 0.15) is 21.5 Å². The van der Waals surface area contributed by atoms with Crippen molar-refractivity contribution < 1.29 is 4.79 Å². The molecule has 0 saturated carbocycles. The number of thiazole rings is 1. The number of carbonyl (C=O) groups is 1. The normalized spacial score (nSPS) is 16.6. The van der Waals surface area contributed by atoms with Crippen LogP contribution in [-0.2, 0) is 12.8 Å². The molecule has 1 aliphatic heterocycles. The lowest BCUT2D eigenvalue weighted by Gasteiger charge is -2.34. The zero-order chi connectivity index (χ0) is 16.8. The molecule has 0 spiro atoms. The van der Waals surface area contributed by atoms with Crippen LogP contribution in [0.4, 0.5) is 5.13 Å². The van der Waals surface area contributed by atoms with Gasteiger partial charge >= 0.3 is 0 Å². The second kappa shape index (κ2) is 5.85. The van der Waals surface area contributed by atoms with E-state index >= 15 is 0 Å². The lowest BCUT2D eigenvalue weighted by atomic mass is 9.99. The van der Waals surface area contributed by atoms with Gasteiger partial charge in [-0.3, -0.25) is 4.79 Å². The highest BCUT2D eigenvalue weighted by atomic mass is 32.1. The van der Waals surface area contributed by atoms with Crippen LogP contribution in [0, 0.1) is 0 Å². The number of aryl methyl sites for hydroxylation is 2. The van der Waals surface area contributed by atoms with Gasteiger partial charge < -0.3 is 9.80 Å². The Balaban J connectivity index is 1.42. The molecule has 2 aromatic carbocycles. The average Bonchev–Trinajstić information content (AvgIpc) is 3.33. The minimum absolute atomic E-state index is 0.161. The third kappa shape index (κ3) is 2.42. The lowest BCUT2D eigenvalue weighted by molar-refractivity contribution is 0.0749. The summed E-state index contributed by atoms with van der Waals surface area (Å²) in [4.78, 5) is 21.8. The highest BCUT2D eigenvalue weighted by Gasteiger charge is 2.25. The van der Waals surface area contributed by atoms with Crippen molar-refractivity contribution in [1.29, 1.82) is 0 Å². The monoisotopic (exact) mass is 349 g/mol. The highest BCUT2D eigenvalue weighted by Crippen LogP contribution is 2.33. The quantitative estimate of drug-likeness (QED) is 0.712. The first-order chi connectivity index (χ1) is 12.3. The number of nitrogens with zero attached hydrogens (tertiary/aromatic N) is 3. The number of benzene rings is 2. The van der Waals surface area contributed by atoms with Crippen molar-refractivity contribution in [3.63, 3.8) is 0 Å². The van der Waals surface area contributed by atoms with Crippen molar-refractivity contribution in [3.8, 4) is 0 Å². The Hall–Kier alpha value is -2.40. The highest BCUT2D eigenvalue weighted by molar-refractivity contribution is 7.13. The van der Waals surface area contributed by atoms with Crippen LogP contribution in [-0.4, -0.2) is 42.0 Å². The topological polar surface area (TPSA) is 36.4 Å². The van der Waals surface area contributed by atoms with Crippen LogP contribution < -0.4 is 4.90 Å². The molecule has 0 radical (unpaired) electrons. The van der Waals surface area contributed by atoms with Gasteiger partial charge in [-0.25, -0.2) is 4.98 Å². The van der Waals surface area contributed by atoms with E-state index in [-0.39, 0.29) is 5.91 Å². The standard InChI is InChI=1S/C20H19N3OS/c24-19(22-9-11-23(12-10-22)20-21-8-13-25-20)17-7-6-15-5-4-14-2-1-3-16(17)18(14)15/h1-3,6-8,13H,4-5,9-12H2. The molecule has 0 unspecified atom stereocenters. The molecule has 5 rings (SSSR count). The van der Waals surface area contributed by atoms with Gasteiger partial charge in [0.05, 0.1) is 0 Å². The van der Waals surface area contributed by atoms with E-state index in [1.54, 1.807) is 11.3 Å². The third-order valence-electron chi connectivity index (χ3n) is 5.36. The number of piperazine rings is 1. The van der Waals surface area contributed by atoms with Crippen molar-refractivity contribution in [2.45, 2.75) is 12.8 Å². The minimum atomic E-state index is 0.161. The Morgan fingerprint density at radius 3 is 2.56 bits per heavy atom. The molecule has 25 heavy (non-hydrogen) atoms. The summed E-state index contributed by atoms with van der Waals surface area (Å²) in [6, 6.07) is 10.6. The van der Waals surface area contributed by atoms with E-state index in [0.717, 1.165) is 55.1 Å². The van der Waals surface area contributed by atoms with Crippen LogP contribution in [0.15, 0.2) is 41.9 Å². The smallest absolute Gasteiger partial charge is 0.254 e. The molecule has 1 aliphatic carbocycles. The maximum atomic E-state index is 13.1. The van der Waals surface area contributed by atoms with Gasteiger partial charge in [0, 0.05) is 43.3 Å². The SMILES string of the molecule is O=C(c1ccc2c3c(cccc13)CC2)N1CCN(c2nccs2)CC1. The van der Waals surface area contributed by atoms with Gasteiger partial charge in [0.25, 0.3) is 5.91 Å². The molecule has 4 nitrogen and oxygen atoms in total. The largest absolute Gasteiger partial charge is 0.345 e. The number of aromatic nitrogens is 1. The van der Waals surface area contributed by atoms with E-state index in [4.69, 9.17) is 0 Å². The Morgan fingerprint density at radius 1 is 1.00 bits per heavy atom. The fourth-order valence-electron chi connectivity index (χ4n) is 4.08. The molecule has 1 fully saturated rings. The number of hydrogen-bond acceptors (Lipinski definition) is 4. The van der Waals surface area contributed by atoms with Crippen molar-refractivity contribution >= 4 is 33.1 Å². The fraction of sp³-hybridized carbons (Fsp3) is 0.300. The second-order valence-electron chi connectivity index (χ2n) is 6.71. The number of hydrogen-bond donors (Lipinski definition) is 0. The predicted molar refractivity (Wildman–Crippen MR) is 102 cm³/mol. The molecule has 126 valence electrons. The lowest BCUT2D eigenvalue weighted by Crippen LogP contribution is -2.48. The summed E-state index contributed by atoms with van der Waals surface area (Å²) in [5, 5.41) is 5.49. The maximum absolute atomic E-state index is 13.1. The Bertz CT molecular complexity index is 933. The van der Waals surface area contributed by atoms with E-state index in [9.17, 15) is 4.79 Å². The summed E-state index contributed by atoms with van der Waals surface area (Å²) in [6.45, 7) is 3.20. The summed E-state index contributed by atoms with van der Waals surface area (Å²) in [5.74, 6) is 0.161. The van der Waals surface area contributed by atoms with Crippen molar-refractivity contribution in [2.24, 2.45) is 0 Å². The maximum Gasteiger partial charge on any atom is 0.254 e. The summed E-state index contributed by atoms with van der Waals surface area (Å²) in [5.41, 5.74) is 3.62. The first-order valence-electron chi connectivity index (χ1n) is 8.78. The Kier molecular flexibility index (Phi) is 3.48. The molecule has 0 N–H and O–H groups in total. The van der Waals surface area contributed by atoms with Crippen LogP contribution in [0.2, 0.25) is 0 Å². The van der Waals surface area contributed by atoms with Crippen LogP contribution in [0.25, 0.3) is 10.8 Å². The van der Waals surface area contributed by atoms with Gasteiger partial charge in [0.1, 0.15) is 0 Å². The third-order valence-corrected chi connectivity index (χ3v) is 6.20. The molecule has 1 aromatic heterocycles. The zero-order valence-electron chi connectivity index (χ0n) is 13.9. The molecular weight excluding hydrogens is 330 g/mol. The molecule has 2 aliphatic rings. The van der Waals surface area contributed by atoms with Crippen LogP contribution >= 0.6 is 11.3 Å². The van der Waals surface area contributed by atoms with Crippen molar-refractivity contribution in [2.75, 3.05) is 31.1 Å². The first-order valence-corrected chi connectivity index (χ1v) is 9.66. The van der Waals surface area contributed by atoms with Gasteiger partial charge in [-0.05, 0) is 40.8 Å². The first kappa shape index (κ1) is 14.9. The molecule has 1 amide bonds. The molecule has 2 heterocycles. The zero-order valence-corrected chi connectivity index (χ0v) is 14.8. The fourth-order valence-corrected chi connectivity index (χ4v) is 4.77. The van der Waals surface area contributed by atoms with Crippen molar-refractivity contribution in [1.82, 2.24) is 9.88 Å². The number of anilines is 1.